The summed E-state index contributed by atoms with van der Waals surface area (Å²) in [4.78, 5) is 14.0. The number of amides is 1. The maximum Gasteiger partial charge on any atom is 0.245 e. The van der Waals surface area contributed by atoms with E-state index in [1.807, 2.05) is 24.3 Å². The van der Waals surface area contributed by atoms with E-state index < -0.39 is 0 Å². The molecule has 1 N–H and O–H groups in total. The molecule has 0 unspecified atom stereocenters. The summed E-state index contributed by atoms with van der Waals surface area (Å²) in [5.74, 6) is -0.000317. The zero-order valence-corrected chi connectivity index (χ0v) is 10.8. The van der Waals surface area contributed by atoms with E-state index in [2.05, 4.69) is 11.4 Å². The molecule has 1 amide bonds. The summed E-state index contributed by atoms with van der Waals surface area (Å²) in [5, 5.41) is 12.0. The Kier molecular flexibility index (Phi) is 3.20. The van der Waals surface area contributed by atoms with E-state index in [0.29, 0.717) is 18.7 Å². The Hall–Kier alpha value is -2.64. The Bertz CT molecular complexity index is 686. The molecule has 0 saturated heterocycles. The highest BCUT2D eigenvalue weighted by Gasteiger charge is 2.22. The van der Waals surface area contributed by atoms with Gasteiger partial charge in [0.25, 0.3) is 0 Å². The van der Waals surface area contributed by atoms with Gasteiger partial charge in [0, 0.05) is 12.2 Å². The summed E-state index contributed by atoms with van der Waals surface area (Å²) in [6.07, 6.45) is 0. The maximum atomic E-state index is 12.3. The highest BCUT2D eigenvalue weighted by Crippen LogP contribution is 2.30. The van der Waals surface area contributed by atoms with Crippen LogP contribution in [0.3, 0.4) is 0 Å². The second-order valence-electron chi connectivity index (χ2n) is 4.62. The number of carbonyl (C=O) groups is 1. The molecule has 1 aliphatic heterocycles. The van der Waals surface area contributed by atoms with Crippen LogP contribution < -0.4 is 10.2 Å². The molecular formula is C16H13N3O. The van der Waals surface area contributed by atoms with Crippen LogP contribution in [0.1, 0.15) is 11.1 Å². The van der Waals surface area contributed by atoms with Crippen LogP contribution in [-0.4, -0.2) is 12.5 Å². The van der Waals surface area contributed by atoms with E-state index in [4.69, 9.17) is 5.26 Å². The topological polar surface area (TPSA) is 56.1 Å². The first-order valence-corrected chi connectivity index (χ1v) is 6.41. The predicted molar refractivity (Wildman–Crippen MR) is 76.5 cm³/mol. The van der Waals surface area contributed by atoms with Gasteiger partial charge in [-0.25, -0.2) is 0 Å². The molecule has 20 heavy (non-hydrogen) atoms. The smallest absolute Gasteiger partial charge is 0.245 e. The lowest BCUT2D eigenvalue weighted by atomic mass is 10.1. The number of hydrogen-bond acceptors (Lipinski definition) is 3. The van der Waals surface area contributed by atoms with Crippen LogP contribution in [0.5, 0.6) is 0 Å². The van der Waals surface area contributed by atoms with Gasteiger partial charge in [-0.1, -0.05) is 18.2 Å². The van der Waals surface area contributed by atoms with E-state index >= 15 is 0 Å². The van der Waals surface area contributed by atoms with Crippen molar-refractivity contribution in [2.75, 3.05) is 11.4 Å². The van der Waals surface area contributed by atoms with Gasteiger partial charge in [0.05, 0.1) is 23.9 Å². The van der Waals surface area contributed by atoms with Gasteiger partial charge >= 0.3 is 0 Å². The van der Waals surface area contributed by atoms with E-state index in [1.165, 1.54) is 0 Å². The average molecular weight is 263 g/mol. The van der Waals surface area contributed by atoms with Crippen LogP contribution >= 0.6 is 0 Å². The highest BCUT2D eigenvalue weighted by molar-refractivity contribution is 6.02. The third-order valence-corrected chi connectivity index (χ3v) is 3.33. The van der Waals surface area contributed by atoms with Gasteiger partial charge in [0.1, 0.15) is 0 Å². The first-order chi connectivity index (χ1) is 9.79. The summed E-state index contributed by atoms with van der Waals surface area (Å²) >= 11 is 0. The molecule has 0 bridgehead atoms. The second-order valence-corrected chi connectivity index (χ2v) is 4.62. The van der Waals surface area contributed by atoms with Crippen LogP contribution in [0.25, 0.3) is 0 Å². The fourth-order valence-corrected chi connectivity index (χ4v) is 2.36. The van der Waals surface area contributed by atoms with Crippen molar-refractivity contribution in [3.05, 3.63) is 59.7 Å². The first kappa shape index (κ1) is 12.4. The number of fused-ring (bicyclic) bond motifs is 1. The molecule has 0 aromatic heterocycles. The Labute approximate surface area is 117 Å². The Morgan fingerprint density at radius 2 is 1.80 bits per heavy atom. The lowest BCUT2D eigenvalue weighted by Gasteiger charge is -2.22. The van der Waals surface area contributed by atoms with Crippen LogP contribution in [-0.2, 0) is 11.3 Å². The summed E-state index contributed by atoms with van der Waals surface area (Å²) in [6.45, 7) is 0.976. The van der Waals surface area contributed by atoms with Crippen LogP contribution in [0.15, 0.2) is 48.5 Å². The Morgan fingerprint density at radius 1 is 1.05 bits per heavy atom. The molecule has 98 valence electrons. The van der Waals surface area contributed by atoms with Crippen LogP contribution in [0, 0.1) is 11.3 Å². The third kappa shape index (κ3) is 2.15. The van der Waals surface area contributed by atoms with Crippen molar-refractivity contribution in [1.82, 2.24) is 5.32 Å². The summed E-state index contributed by atoms with van der Waals surface area (Å²) in [7, 11) is 0. The second kappa shape index (κ2) is 5.16. The van der Waals surface area contributed by atoms with Crippen LogP contribution in [0.4, 0.5) is 11.4 Å². The standard InChI is InChI=1S/C16H13N3O/c17-9-12-5-7-14(8-6-12)19-15-4-2-1-3-13(15)10-18-11-16(19)20/h1-8,18H,10-11H2. The van der Waals surface area contributed by atoms with Gasteiger partial charge in [-0.15, -0.1) is 0 Å². The van der Waals surface area contributed by atoms with Crippen molar-refractivity contribution < 1.29 is 4.79 Å². The number of benzene rings is 2. The third-order valence-electron chi connectivity index (χ3n) is 3.33. The molecule has 2 aromatic rings. The number of carbonyl (C=O) groups excluding carboxylic acids is 1. The first-order valence-electron chi connectivity index (χ1n) is 6.41. The molecule has 0 spiro atoms. The zero-order valence-electron chi connectivity index (χ0n) is 10.8. The number of rotatable bonds is 1. The molecule has 0 radical (unpaired) electrons. The molecule has 1 aliphatic rings. The lowest BCUT2D eigenvalue weighted by Crippen LogP contribution is -2.31. The molecule has 0 saturated carbocycles. The van der Waals surface area contributed by atoms with E-state index in [-0.39, 0.29) is 5.91 Å². The van der Waals surface area contributed by atoms with Crippen LogP contribution in [0.2, 0.25) is 0 Å². The van der Waals surface area contributed by atoms with Gasteiger partial charge in [0.2, 0.25) is 5.91 Å². The minimum Gasteiger partial charge on any atom is -0.304 e. The van der Waals surface area contributed by atoms with Crippen molar-refractivity contribution in [2.24, 2.45) is 0 Å². The SMILES string of the molecule is N#Cc1ccc(N2C(=O)CNCc3ccccc32)cc1. The molecule has 1 heterocycles. The van der Waals surface area contributed by atoms with Gasteiger partial charge in [-0.05, 0) is 35.9 Å². The molecule has 0 fully saturated rings. The average Bonchev–Trinajstić information content (AvgIpc) is 2.66. The molecule has 4 nitrogen and oxygen atoms in total. The Balaban J connectivity index is 2.09. The highest BCUT2D eigenvalue weighted by atomic mass is 16.2. The molecule has 2 aromatic carbocycles. The summed E-state index contributed by atoms with van der Waals surface area (Å²) in [5.41, 5.74) is 3.35. The van der Waals surface area contributed by atoms with Crippen molar-refractivity contribution in [1.29, 1.82) is 5.26 Å². The van der Waals surface area contributed by atoms with Gasteiger partial charge in [-0.3, -0.25) is 9.69 Å². The zero-order chi connectivity index (χ0) is 13.9. The minimum atomic E-state index is -0.000317. The number of nitriles is 1. The fourth-order valence-electron chi connectivity index (χ4n) is 2.36. The largest absolute Gasteiger partial charge is 0.304 e. The van der Waals surface area contributed by atoms with E-state index in [1.54, 1.807) is 29.2 Å². The van der Waals surface area contributed by atoms with E-state index in [9.17, 15) is 4.79 Å². The summed E-state index contributed by atoms with van der Waals surface area (Å²) < 4.78 is 0. The molecule has 4 heteroatoms. The van der Waals surface area contributed by atoms with Gasteiger partial charge in [-0.2, -0.15) is 5.26 Å². The van der Waals surface area contributed by atoms with Crippen molar-refractivity contribution in [3.8, 4) is 6.07 Å². The summed E-state index contributed by atoms with van der Waals surface area (Å²) in [6, 6.07) is 17.0. The van der Waals surface area contributed by atoms with Crippen molar-refractivity contribution in [3.63, 3.8) is 0 Å². The minimum absolute atomic E-state index is 0.000317. The van der Waals surface area contributed by atoms with Crippen molar-refractivity contribution >= 4 is 17.3 Å². The predicted octanol–water partition coefficient (Wildman–Crippen LogP) is 2.33. The van der Waals surface area contributed by atoms with Gasteiger partial charge < -0.3 is 5.32 Å². The number of nitrogens with zero attached hydrogens (tertiary/aromatic N) is 2. The molecule has 0 aliphatic carbocycles. The normalized spacial score (nSPS) is 14.3. The lowest BCUT2D eigenvalue weighted by molar-refractivity contribution is -0.117. The quantitative estimate of drug-likeness (QED) is 0.859. The number of para-hydroxylation sites is 1. The van der Waals surface area contributed by atoms with Gasteiger partial charge in [0.15, 0.2) is 0 Å². The number of nitrogens with one attached hydrogen (secondary N) is 1. The maximum absolute atomic E-state index is 12.3. The number of anilines is 2. The van der Waals surface area contributed by atoms with E-state index in [0.717, 1.165) is 16.9 Å². The fraction of sp³-hybridized carbons (Fsp3) is 0.125. The Morgan fingerprint density at radius 3 is 2.55 bits per heavy atom. The molecular weight excluding hydrogens is 250 g/mol. The van der Waals surface area contributed by atoms with Crippen molar-refractivity contribution in [2.45, 2.75) is 6.54 Å². The monoisotopic (exact) mass is 263 g/mol. The molecule has 3 rings (SSSR count). The molecule has 0 atom stereocenters. The number of hydrogen-bond donors (Lipinski definition) is 1.